The van der Waals surface area contributed by atoms with Crippen LogP contribution in [0.1, 0.15) is 136 Å². The molecule has 0 fully saturated rings. The van der Waals surface area contributed by atoms with Gasteiger partial charge in [-0.15, -0.1) is 22.7 Å². The molecule has 0 bridgehead atoms. The van der Waals surface area contributed by atoms with Gasteiger partial charge in [-0.2, -0.15) is 0 Å². The Morgan fingerprint density at radius 3 is 1.68 bits per heavy atom. The number of aryl methyl sites for hydroxylation is 1. The highest BCUT2D eigenvalue weighted by Crippen LogP contribution is 2.38. The van der Waals surface area contributed by atoms with Crippen LogP contribution >= 0.6 is 17.0 Å². The lowest BCUT2D eigenvalue weighted by Crippen LogP contribution is -2.43. The molecule has 1 aromatic rings. The van der Waals surface area contributed by atoms with Crippen LogP contribution in [0.25, 0.3) is 0 Å². The van der Waals surface area contributed by atoms with Crippen LogP contribution < -0.4 is 5.11 Å². The Kier molecular flexibility index (Phi) is 17.1. The first kappa shape index (κ1) is 36.9. The fourth-order valence-electron chi connectivity index (χ4n) is 4.81. The largest absolute Gasteiger partial charge is 0.872 e. The van der Waals surface area contributed by atoms with Crippen LogP contribution in [0.15, 0.2) is 12.1 Å². The molecule has 0 saturated carbocycles. The number of hydrogen-bond donors (Lipinski definition) is 0. The maximum Gasteiger partial charge on any atom is 0.306 e. The number of likely N-dealkylation sites (N-methyl/N-ethyl adjacent to an activating group) is 1. The number of unbranched alkanes of at least 4 members (excludes halogenated alkanes) is 9. The Hall–Kier alpha value is -1.07. The summed E-state index contributed by atoms with van der Waals surface area (Å²) >= 11 is 0. The van der Waals surface area contributed by atoms with Crippen molar-refractivity contribution in [3.05, 3.63) is 28.8 Å². The number of carbonyl (C=O) groups excluding carboxylic acids is 1. The lowest BCUT2D eigenvalue weighted by molar-refractivity contribution is -0.890. The topological polar surface area (TPSA) is 49.4 Å². The molecule has 0 amide bonds. The van der Waals surface area contributed by atoms with E-state index in [1.54, 1.807) is 0 Å². The van der Waals surface area contributed by atoms with Crippen molar-refractivity contribution in [2.75, 3.05) is 33.8 Å². The quantitative estimate of drug-likeness (QED) is 0.103. The van der Waals surface area contributed by atoms with Crippen molar-refractivity contribution in [3.8, 4) is 5.75 Å². The number of hydrogen-bond acceptors (Lipinski definition) is 3. The van der Waals surface area contributed by atoms with E-state index in [4.69, 9.17) is 4.74 Å². The Bertz CT molecular complexity index is 770. The molecule has 0 aliphatic rings. The zero-order valence-corrected chi connectivity index (χ0v) is 28.1. The summed E-state index contributed by atoms with van der Waals surface area (Å²) in [5, 5.41) is 13.1. The zero-order valence-electron chi connectivity index (χ0n) is 26.3. The highest BCUT2D eigenvalue weighted by Gasteiger charge is 2.23. The zero-order chi connectivity index (χ0) is 28.1. The van der Waals surface area contributed by atoms with Gasteiger partial charge in [0.25, 0.3) is 0 Å². The van der Waals surface area contributed by atoms with Gasteiger partial charge >= 0.3 is 5.97 Å². The standard InChI is InChI=1S/C33H59NO3.BrH/c1-10-11-12-13-14-15-16-17-18-19-22-34(8,9)23-24-37-30(35)21-20-27-25-28(32(2,3)4)31(36)29(26-27)33(5,6)7;/h25-26H,10-24H2,1-9H3;1H. The van der Waals surface area contributed by atoms with Crippen LogP contribution in [0.5, 0.6) is 5.75 Å². The van der Waals surface area contributed by atoms with E-state index in [9.17, 15) is 9.90 Å². The second-order valence-electron chi connectivity index (χ2n) is 13.8. The van der Waals surface area contributed by atoms with Gasteiger partial charge in [-0.3, -0.25) is 4.79 Å². The van der Waals surface area contributed by atoms with Gasteiger partial charge in [0, 0.05) is 6.42 Å². The van der Waals surface area contributed by atoms with E-state index in [2.05, 4.69) is 62.6 Å². The summed E-state index contributed by atoms with van der Waals surface area (Å²) in [6.07, 6.45) is 14.5. The van der Waals surface area contributed by atoms with E-state index in [-0.39, 0.29) is 39.5 Å². The number of ether oxygens (including phenoxy) is 1. The maximum atomic E-state index is 13.1. The number of halogens is 1. The van der Waals surface area contributed by atoms with E-state index in [0.29, 0.717) is 19.4 Å². The summed E-state index contributed by atoms with van der Waals surface area (Å²) in [5.41, 5.74) is 2.24. The molecule has 0 aliphatic heterocycles. The van der Waals surface area contributed by atoms with Crippen molar-refractivity contribution >= 4 is 23.0 Å². The van der Waals surface area contributed by atoms with Crippen LogP contribution in [-0.2, 0) is 26.8 Å². The molecule has 0 atom stereocenters. The number of benzene rings is 1. The van der Waals surface area contributed by atoms with E-state index in [0.717, 1.165) is 34.3 Å². The minimum Gasteiger partial charge on any atom is -0.872 e. The first-order chi connectivity index (χ1) is 17.2. The number of nitrogens with zero attached hydrogens (tertiary/aromatic N) is 1. The van der Waals surface area contributed by atoms with Gasteiger partial charge in [-0.05, 0) is 46.8 Å². The third kappa shape index (κ3) is 14.9. The minimum atomic E-state index is -0.231. The van der Waals surface area contributed by atoms with Gasteiger partial charge in [0.2, 0.25) is 0 Å². The van der Waals surface area contributed by atoms with Crippen LogP contribution in [0, 0.1) is 0 Å². The summed E-state index contributed by atoms with van der Waals surface area (Å²) in [7, 11) is 4.46. The molecule has 0 aromatic heterocycles. The average Bonchev–Trinajstić information content (AvgIpc) is 2.78. The predicted octanol–water partition coefficient (Wildman–Crippen LogP) is 8.41. The van der Waals surface area contributed by atoms with Crippen LogP contribution in [0.4, 0.5) is 0 Å². The molecule has 0 radical (unpaired) electrons. The lowest BCUT2D eigenvalue weighted by atomic mass is 9.78. The van der Waals surface area contributed by atoms with Gasteiger partial charge < -0.3 is 14.3 Å². The Labute approximate surface area is 246 Å². The second kappa shape index (κ2) is 17.6. The van der Waals surface area contributed by atoms with Gasteiger partial charge in [-0.25, -0.2) is 0 Å². The average molecular weight is 599 g/mol. The first-order valence-corrected chi connectivity index (χ1v) is 15.0. The smallest absolute Gasteiger partial charge is 0.306 e. The van der Waals surface area contributed by atoms with Crippen molar-refractivity contribution in [3.63, 3.8) is 0 Å². The summed E-state index contributed by atoms with van der Waals surface area (Å²) in [6, 6.07) is 3.99. The molecule has 0 unspecified atom stereocenters. The molecule has 0 saturated heterocycles. The van der Waals surface area contributed by atoms with Crippen molar-refractivity contribution < 1.29 is 19.1 Å². The van der Waals surface area contributed by atoms with Crippen molar-refractivity contribution in [1.29, 1.82) is 0 Å². The van der Waals surface area contributed by atoms with E-state index < -0.39 is 0 Å². The molecule has 1 rings (SSSR count). The Balaban J connectivity index is 0.0000137. The molecule has 5 heteroatoms. The first-order valence-electron chi connectivity index (χ1n) is 15.0. The highest BCUT2D eigenvalue weighted by molar-refractivity contribution is 8.93. The van der Waals surface area contributed by atoms with Gasteiger partial charge in [0.05, 0.1) is 20.6 Å². The highest BCUT2D eigenvalue weighted by atomic mass is 79.9. The van der Waals surface area contributed by atoms with Crippen molar-refractivity contribution in [1.82, 2.24) is 0 Å². The molecule has 0 aliphatic carbocycles. The van der Waals surface area contributed by atoms with Crippen molar-refractivity contribution in [2.45, 2.75) is 136 Å². The molecular weight excluding hydrogens is 538 g/mol. The van der Waals surface area contributed by atoms with E-state index in [1.807, 2.05) is 12.1 Å². The SMILES string of the molecule is Br.CCCCCCCCCCCC[N+](C)(C)CCOC(=O)CCc1cc(C(C)(C)C)c([O-])c(C(C)(C)C)c1. The molecular formula is C33H60BrNO3. The monoisotopic (exact) mass is 597 g/mol. The second-order valence-corrected chi connectivity index (χ2v) is 13.8. The Morgan fingerprint density at radius 1 is 0.789 bits per heavy atom. The molecule has 0 heterocycles. The van der Waals surface area contributed by atoms with E-state index in [1.165, 1.54) is 64.2 Å². The number of carbonyl (C=O) groups is 1. The molecule has 0 N–H and O–H groups in total. The fraction of sp³-hybridized carbons (Fsp3) is 0.788. The van der Waals surface area contributed by atoms with Gasteiger partial charge in [-0.1, -0.05) is 112 Å². The fourth-order valence-corrected chi connectivity index (χ4v) is 4.81. The Morgan fingerprint density at radius 2 is 1.24 bits per heavy atom. The van der Waals surface area contributed by atoms with E-state index >= 15 is 0 Å². The summed E-state index contributed by atoms with van der Waals surface area (Å²) in [5.74, 6) is -0.0199. The molecule has 222 valence electrons. The molecule has 1 aromatic carbocycles. The van der Waals surface area contributed by atoms with Crippen LogP contribution in [0.3, 0.4) is 0 Å². The molecule has 4 nitrogen and oxygen atoms in total. The van der Waals surface area contributed by atoms with Crippen LogP contribution in [0.2, 0.25) is 0 Å². The van der Waals surface area contributed by atoms with Crippen molar-refractivity contribution in [2.24, 2.45) is 0 Å². The summed E-state index contributed by atoms with van der Waals surface area (Å²) in [6.45, 7) is 17.1. The van der Waals surface area contributed by atoms with Gasteiger partial charge in [0.1, 0.15) is 13.2 Å². The third-order valence-corrected chi connectivity index (χ3v) is 7.46. The van der Waals surface area contributed by atoms with Gasteiger partial charge in [0.15, 0.2) is 0 Å². The number of rotatable bonds is 17. The maximum absolute atomic E-state index is 13.1. The summed E-state index contributed by atoms with van der Waals surface area (Å²) < 4.78 is 6.49. The number of quaternary nitrogens is 1. The third-order valence-electron chi connectivity index (χ3n) is 7.46. The summed E-state index contributed by atoms with van der Waals surface area (Å²) in [4.78, 5) is 12.5. The van der Waals surface area contributed by atoms with Crippen LogP contribution in [-0.4, -0.2) is 44.2 Å². The molecule has 38 heavy (non-hydrogen) atoms. The normalized spacial score (nSPS) is 12.3. The number of esters is 1. The molecule has 0 spiro atoms. The predicted molar refractivity (Wildman–Crippen MR) is 167 cm³/mol. The minimum absolute atomic E-state index is 0. The lowest BCUT2D eigenvalue weighted by Gasteiger charge is -2.34.